The van der Waals surface area contributed by atoms with Gasteiger partial charge in [-0.25, -0.2) is 9.37 Å². The van der Waals surface area contributed by atoms with Crippen molar-refractivity contribution in [2.24, 2.45) is 0 Å². The maximum absolute atomic E-state index is 12.9. The van der Waals surface area contributed by atoms with E-state index in [0.29, 0.717) is 18.7 Å². The monoisotopic (exact) mass is 371 g/mol. The topological polar surface area (TPSA) is 90.1 Å². The van der Waals surface area contributed by atoms with Crippen molar-refractivity contribution in [2.75, 3.05) is 26.2 Å². The molecule has 1 saturated heterocycles. The molecular formula is C19H22FN5O2. The Bertz CT molecular complexity index is 840. The average Bonchev–Trinajstić information content (AvgIpc) is 3.18. The summed E-state index contributed by atoms with van der Waals surface area (Å²) in [6.45, 7) is 2.07. The second-order valence-corrected chi connectivity index (χ2v) is 7.06. The summed E-state index contributed by atoms with van der Waals surface area (Å²) >= 11 is 0. The number of halogens is 1. The second-order valence-electron chi connectivity index (χ2n) is 7.06. The number of amides is 2. The highest BCUT2D eigenvalue weighted by molar-refractivity contribution is 5.96. The van der Waals surface area contributed by atoms with Gasteiger partial charge in [-0.2, -0.15) is 0 Å². The Balaban J connectivity index is 1.32. The third-order valence-corrected chi connectivity index (χ3v) is 5.49. The lowest BCUT2D eigenvalue weighted by atomic mass is 9.80. The minimum Gasteiger partial charge on any atom is -0.348 e. The van der Waals surface area contributed by atoms with Gasteiger partial charge in [-0.1, -0.05) is 0 Å². The van der Waals surface area contributed by atoms with Crippen LogP contribution in [-0.4, -0.2) is 52.9 Å². The zero-order valence-electron chi connectivity index (χ0n) is 14.9. The number of nitrogens with one attached hydrogen (secondary N) is 3. The van der Waals surface area contributed by atoms with Crippen LogP contribution in [0.1, 0.15) is 34.6 Å². The second kappa shape index (κ2) is 7.11. The molecule has 7 nitrogen and oxygen atoms in total. The van der Waals surface area contributed by atoms with Crippen LogP contribution >= 0.6 is 0 Å². The van der Waals surface area contributed by atoms with Crippen LogP contribution in [0, 0.1) is 5.82 Å². The van der Waals surface area contributed by atoms with Gasteiger partial charge in [0.05, 0.1) is 24.1 Å². The maximum atomic E-state index is 12.9. The van der Waals surface area contributed by atoms with E-state index in [1.165, 1.54) is 30.0 Å². The molecule has 1 fully saturated rings. The Hall–Kier alpha value is -2.74. The summed E-state index contributed by atoms with van der Waals surface area (Å²) in [5.74, 6) is -0.897. The number of hydrogen-bond acceptors (Lipinski definition) is 4. The molecular weight excluding hydrogens is 349 g/mol. The van der Waals surface area contributed by atoms with Gasteiger partial charge in [0.2, 0.25) is 5.91 Å². The van der Waals surface area contributed by atoms with Gasteiger partial charge >= 0.3 is 0 Å². The van der Waals surface area contributed by atoms with E-state index >= 15 is 0 Å². The van der Waals surface area contributed by atoms with Crippen LogP contribution in [0.4, 0.5) is 4.39 Å². The first-order valence-electron chi connectivity index (χ1n) is 9.17. The number of aromatic nitrogens is 2. The molecule has 0 saturated carbocycles. The lowest BCUT2D eigenvalue weighted by Gasteiger charge is -2.44. The SMILES string of the molecule is O=C(NCC(=O)N1CCC2(CC1)NCCc1[nH]cnc12)c1ccc(F)cc1. The van der Waals surface area contributed by atoms with Crippen molar-refractivity contribution in [2.45, 2.75) is 24.8 Å². The lowest BCUT2D eigenvalue weighted by molar-refractivity contribution is -0.132. The molecule has 142 valence electrons. The molecule has 8 heteroatoms. The molecule has 2 aliphatic heterocycles. The Morgan fingerprint density at radius 1 is 1.22 bits per heavy atom. The molecule has 0 bridgehead atoms. The molecule has 1 spiro atoms. The smallest absolute Gasteiger partial charge is 0.251 e. The van der Waals surface area contributed by atoms with Gasteiger partial charge in [-0.15, -0.1) is 0 Å². The van der Waals surface area contributed by atoms with Crippen LogP contribution in [0.25, 0.3) is 0 Å². The quantitative estimate of drug-likeness (QED) is 0.749. The van der Waals surface area contributed by atoms with E-state index in [2.05, 4.69) is 20.6 Å². The molecule has 2 aromatic rings. The van der Waals surface area contributed by atoms with Gasteiger partial charge in [-0.05, 0) is 37.1 Å². The van der Waals surface area contributed by atoms with Crippen LogP contribution in [0.3, 0.4) is 0 Å². The van der Waals surface area contributed by atoms with Gasteiger partial charge in [-0.3, -0.25) is 9.59 Å². The number of carbonyl (C=O) groups is 2. The van der Waals surface area contributed by atoms with Crippen LogP contribution in [-0.2, 0) is 16.8 Å². The van der Waals surface area contributed by atoms with E-state index in [0.717, 1.165) is 31.5 Å². The summed E-state index contributed by atoms with van der Waals surface area (Å²) in [6.07, 6.45) is 4.27. The van der Waals surface area contributed by atoms with E-state index in [1.54, 1.807) is 11.2 Å². The fraction of sp³-hybridized carbons (Fsp3) is 0.421. The number of imidazole rings is 1. The molecule has 3 N–H and O–H groups in total. The molecule has 4 rings (SSSR count). The fourth-order valence-electron chi connectivity index (χ4n) is 3.96. The van der Waals surface area contributed by atoms with Crippen molar-refractivity contribution in [3.8, 4) is 0 Å². The van der Waals surface area contributed by atoms with Crippen molar-refractivity contribution in [1.29, 1.82) is 0 Å². The van der Waals surface area contributed by atoms with Gasteiger partial charge in [0.1, 0.15) is 5.82 Å². The van der Waals surface area contributed by atoms with E-state index in [-0.39, 0.29) is 23.9 Å². The van der Waals surface area contributed by atoms with Crippen LogP contribution in [0.5, 0.6) is 0 Å². The number of aromatic amines is 1. The van der Waals surface area contributed by atoms with Gasteiger partial charge in [0.25, 0.3) is 5.91 Å². The highest BCUT2D eigenvalue weighted by atomic mass is 19.1. The standard InChI is InChI=1S/C19H22FN5O2/c20-14-3-1-13(2-4-14)18(27)21-11-16(26)25-9-6-19(7-10-25)17-15(5-8-24-19)22-12-23-17/h1-4,12,24H,5-11H2,(H,21,27)(H,22,23). The Morgan fingerprint density at radius 3 is 2.70 bits per heavy atom. The minimum atomic E-state index is -0.402. The van der Waals surface area contributed by atoms with Gasteiger partial charge in [0, 0.05) is 37.3 Å². The molecule has 0 aliphatic carbocycles. The van der Waals surface area contributed by atoms with E-state index in [9.17, 15) is 14.0 Å². The molecule has 27 heavy (non-hydrogen) atoms. The number of hydrogen-bond donors (Lipinski definition) is 3. The van der Waals surface area contributed by atoms with Crippen molar-refractivity contribution >= 4 is 11.8 Å². The molecule has 2 amide bonds. The van der Waals surface area contributed by atoms with Crippen molar-refractivity contribution in [3.63, 3.8) is 0 Å². The number of benzene rings is 1. The summed E-state index contributed by atoms with van der Waals surface area (Å²) in [7, 11) is 0. The largest absolute Gasteiger partial charge is 0.348 e. The summed E-state index contributed by atoms with van der Waals surface area (Å²) in [4.78, 5) is 34.0. The summed E-state index contributed by atoms with van der Waals surface area (Å²) < 4.78 is 12.9. The Labute approximate surface area is 156 Å². The molecule has 2 aliphatic rings. The maximum Gasteiger partial charge on any atom is 0.251 e. The number of carbonyl (C=O) groups excluding carboxylic acids is 2. The molecule has 3 heterocycles. The van der Waals surface area contributed by atoms with Crippen LogP contribution in [0.2, 0.25) is 0 Å². The lowest BCUT2D eigenvalue weighted by Crippen LogP contribution is -2.56. The molecule has 0 radical (unpaired) electrons. The first-order valence-corrected chi connectivity index (χ1v) is 9.17. The van der Waals surface area contributed by atoms with E-state index in [1.807, 2.05) is 0 Å². The molecule has 0 atom stereocenters. The molecule has 1 aromatic carbocycles. The number of rotatable bonds is 3. The minimum absolute atomic E-state index is 0.0652. The fourth-order valence-corrected chi connectivity index (χ4v) is 3.96. The first kappa shape index (κ1) is 17.7. The highest BCUT2D eigenvalue weighted by Gasteiger charge is 2.41. The van der Waals surface area contributed by atoms with Crippen molar-refractivity contribution in [3.05, 3.63) is 53.4 Å². The van der Waals surface area contributed by atoms with Crippen LogP contribution < -0.4 is 10.6 Å². The third kappa shape index (κ3) is 3.44. The predicted octanol–water partition coefficient (Wildman–Crippen LogP) is 0.942. The number of H-pyrrole nitrogens is 1. The number of piperidine rings is 1. The zero-order chi connectivity index (χ0) is 18.9. The molecule has 0 unspecified atom stereocenters. The Morgan fingerprint density at radius 2 is 1.96 bits per heavy atom. The normalized spacial score (nSPS) is 18.2. The van der Waals surface area contributed by atoms with E-state index < -0.39 is 5.82 Å². The van der Waals surface area contributed by atoms with Gasteiger partial charge < -0.3 is 20.5 Å². The summed E-state index contributed by atoms with van der Waals surface area (Å²) in [5, 5.41) is 6.20. The number of nitrogens with zero attached hydrogens (tertiary/aromatic N) is 2. The first-order chi connectivity index (χ1) is 13.1. The van der Waals surface area contributed by atoms with E-state index in [4.69, 9.17) is 0 Å². The predicted molar refractivity (Wildman–Crippen MR) is 96.5 cm³/mol. The summed E-state index contributed by atoms with van der Waals surface area (Å²) in [5.41, 5.74) is 2.42. The van der Waals surface area contributed by atoms with Crippen molar-refractivity contribution in [1.82, 2.24) is 25.5 Å². The average molecular weight is 371 g/mol. The Kier molecular flexibility index (Phi) is 4.65. The zero-order valence-corrected chi connectivity index (χ0v) is 14.9. The highest BCUT2D eigenvalue weighted by Crippen LogP contribution is 2.35. The third-order valence-electron chi connectivity index (χ3n) is 5.49. The number of likely N-dealkylation sites (tertiary alicyclic amines) is 1. The summed E-state index contributed by atoms with van der Waals surface area (Å²) in [6, 6.07) is 5.24. The number of fused-ring (bicyclic) bond motifs is 2. The van der Waals surface area contributed by atoms with Crippen LogP contribution in [0.15, 0.2) is 30.6 Å². The van der Waals surface area contributed by atoms with Gasteiger partial charge in [0.15, 0.2) is 0 Å². The van der Waals surface area contributed by atoms with Crippen molar-refractivity contribution < 1.29 is 14.0 Å². The molecule has 1 aromatic heterocycles.